The highest BCUT2D eigenvalue weighted by atomic mass is 16.4. The van der Waals surface area contributed by atoms with Crippen LogP contribution in [0.4, 0.5) is 0 Å². The van der Waals surface area contributed by atoms with Crippen LogP contribution in [0.1, 0.15) is 31.2 Å². The van der Waals surface area contributed by atoms with Crippen LogP contribution in [0, 0.1) is 11.8 Å². The van der Waals surface area contributed by atoms with Gasteiger partial charge in [-0.1, -0.05) is 12.8 Å². The largest absolute Gasteiger partial charge is 0.550 e. The molecule has 1 heterocycles. The molecule has 0 radical (unpaired) electrons. The number of aliphatic carboxylic acids is 1. The smallest absolute Gasteiger partial charge is 0.223 e. The maximum atomic E-state index is 12.1. The molecule has 0 bridgehead atoms. The van der Waals surface area contributed by atoms with Crippen LogP contribution in [-0.2, 0) is 16.0 Å². The van der Waals surface area contributed by atoms with Crippen molar-refractivity contribution in [2.45, 2.75) is 32.1 Å². The van der Waals surface area contributed by atoms with Gasteiger partial charge in [0, 0.05) is 36.7 Å². The van der Waals surface area contributed by atoms with E-state index in [-0.39, 0.29) is 5.91 Å². The molecule has 2 atom stereocenters. The van der Waals surface area contributed by atoms with E-state index in [1.54, 1.807) is 12.4 Å². The van der Waals surface area contributed by atoms with E-state index in [4.69, 9.17) is 0 Å². The fraction of sp³-hybridized carbons (Fsp3) is 0.533. The summed E-state index contributed by atoms with van der Waals surface area (Å²) in [5.74, 6) is -2.33. The van der Waals surface area contributed by atoms with Gasteiger partial charge in [-0.25, -0.2) is 0 Å². The summed E-state index contributed by atoms with van der Waals surface area (Å²) in [5, 5.41) is 13.9. The summed E-state index contributed by atoms with van der Waals surface area (Å²) >= 11 is 0. The highest BCUT2D eigenvalue weighted by Crippen LogP contribution is 2.29. The molecule has 5 heteroatoms. The van der Waals surface area contributed by atoms with Crippen LogP contribution in [0.15, 0.2) is 24.5 Å². The van der Waals surface area contributed by atoms with E-state index in [0.29, 0.717) is 19.4 Å². The number of rotatable bonds is 5. The molecule has 5 nitrogen and oxygen atoms in total. The second-order valence-electron chi connectivity index (χ2n) is 5.21. The molecule has 1 amide bonds. The summed E-state index contributed by atoms with van der Waals surface area (Å²) < 4.78 is 0. The average molecular weight is 275 g/mol. The molecule has 0 unspecified atom stereocenters. The topological polar surface area (TPSA) is 82.1 Å². The van der Waals surface area contributed by atoms with Gasteiger partial charge < -0.3 is 15.2 Å². The van der Waals surface area contributed by atoms with Crippen LogP contribution < -0.4 is 10.4 Å². The van der Waals surface area contributed by atoms with E-state index in [1.165, 1.54) is 0 Å². The SMILES string of the molecule is O=C(NCCc1ccncc1)[C@H]1CCCC[C@H]1C(=O)[O-]. The summed E-state index contributed by atoms with van der Waals surface area (Å²) in [6.07, 6.45) is 7.10. The first-order chi connectivity index (χ1) is 9.68. The van der Waals surface area contributed by atoms with E-state index in [9.17, 15) is 14.7 Å². The Bertz CT molecular complexity index is 461. The Morgan fingerprint density at radius 1 is 1.20 bits per heavy atom. The summed E-state index contributed by atoms with van der Waals surface area (Å²) in [6.45, 7) is 0.513. The molecule has 1 aliphatic rings. The van der Waals surface area contributed by atoms with Crippen LogP contribution in [0.3, 0.4) is 0 Å². The minimum atomic E-state index is -1.10. The lowest BCUT2D eigenvalue weighted by Gasteiger charge is -2.31. The number of carboxylic acid groups (broad SMARTS) is 1. The first-order valence-electron chi connectivity index (χ1n) is 7.06. The summed E-state index contributed by atoms with van der Waals surface area (Å²) in [5.41, 5.74) is 1.10. The predicted octanol–water partition coefficient (Wildman–Crippen LogP) is 0.297. The molecule has 2 rings (SSSR count). The molecule has 0 saturated heterocycles. The Hall–Kier alpha value is -1.91. The Labute approximate surface area is 118 Å². The Morgan fingerprint density at radius 3 is 2.50 bits per heavy atom. The van der Waals surface area contributed by atoms with Crippen molar-refractivity contribution in [1.82, 2.24) is 10.3 Å². The minimum Gasteiger partial charge on any atom is -0.550 e. The highest BCUT2D eigenvalue weighted by Gasteiger charge is 2.31. The van der Waals surface area contributed by atoms with Crippen LogP contribution in [-0.4, -0.2) is 23.4 Å². The minimum absolute atomic E-state index is 0.159. The van der Waals surface area contributed by atoms with Crippen molar-refractivity contribution in [3.8, 4) is 0 Å². The van der Waals surface area contributed by atoms with Crippen molar-refractivity contribution >= 4 is 11.9 Å². The maximum absolute atomic E-state index is 12.1. The van der Waals surface area contributed by atoms with Crippen LogP contribution in [0.25, 0.3) is 0 Å². The third-order valence-corrected chi connectivity index (χ3v) is 3.87. The number of amides is 1. The van der Waals surface area contributed by atoms with Crippen LogP contribution in [0.2, 0.25) is 0 Å². The lowest BCUT2D eigenvalue weighted by atomic mass is 9.78. The number of nitrogens with zero attached hydrogens (tertiary/aromatic N) is 1. The quantitative estimate of drug-likeness (QED) is 0.837. The number of nitrogens with one attached hydrogen (secondary N) is 1. The van der Waals surface area contributed by atoms with Gasteiger partial charge in [0.15, 0.2) is 0 Å². The molecule has 1 aliphatic carbocycles. The summed E-state index contributed by atoms with van der Waals surface area (Å²) in [7, 11) is 0. The number of hydrogen-bond donors (Lipinski definition) is 1. The number of hydrogen-bond acceptors (Lipinski definition) is 4. The van der Waals surface area contributed by atoms with E-state index in [1.807, 2.05) is 12.1 Å². The van der Waals surface area contributed by atoms with Gasteiger partial charge in [-0.2, -0.15) is 0 Å². The van der Waals surface area contributed by atoms with Crippen molar-refractivity contribution in [1.29, 1.82) is 0 Å². The van der Waals surface area contributed by atoms with Crippen molar-refractivity contribution < 1.29 is 14.7 Å². The third kappa shape index (κ3) is 3.79. The van der Waals surface area contributed by atoms with Crippen molar-refractivity contribution in [2.24, 2.45) is 11.8 Å². The molecule has 0 aliphatic heterocycles. The molecule has 0 spiro atoms. The molecule has 1 aromatic rings. The molecule has 1 aromatic heterocycles. The normalized spacial score (nSPS) is 22.2. The Morgan fingerprint density at radius 2 is 1.85 bits per heavy atom. The van der Waals surface area contributed by atoms with Gasteiger partial charge in [-0.3, -0.25) is 9.78 Å². The maximum Gasteiger partial charge on any atom is 0.223 e. The molecule has 0 aromatic carbocycles. The van der Waals surface area contributed by atoms with Gasteiger partial charge in [0.1, 0.15) is 0 Å². The first-order valence-corrected chi connectivity index (χ1v) is 7.06. The second-order valence-corrected chi connectivity index (χ2v) is 5.21. The number of carbonyl (C=O) groups is 2. The van der Waals surface area contributed by atoms with Crippen LogP contribution in [0.5, 0.6) is 0 Å². The predicted molar refractivity (Wildman–Crippen MR) is 71.4 cm³/mol. The zero-order valence-corrected chi connectivity index (χ0v) is 11.4. The lowest BCUT2D eigenvalue weighted by molar-refractivity contribution is -0.314. The summed E-state index contributed by atoms with van der Waals surface area (Å²) in [4.78, 5) is 27.1. The van der Waals surface area contributed by atoms with E-state index < -0.39 is 17.8 Å². The van der Waals surface area contributed by atoms with Gasteiger partial charge in [0.25, 0.3) is 0 Å². The van der Waals surface area contributed by atoms with Crippen LogP contribution >= 0.6 is 0 Å². The fourth-order valence-corrected chi connectivity index (χ4v) is 2.74. The zero-order chi connectivity index (χ0) is 14.4. The highest BCUT2D eigenvalue weighted by molar-refractivity contribution is 5.84. The van der Waals surface area contributed by atoms with Gasteiger partial charge in [-0.15, -0.1) is 0 Å². The number of pyridine rings is 1. The number of aromatic nitrogens is 1. The van der Waals surface area contributed by atoms with E-state index in [0.717, 1.165) is 24.8 Å². The molecular formula is C15H19N2O3-. The molecule has 1 saturated carbocycles. The monoisotopic (exact) mass is 275 g/mol. The van der Waals surface area contributed by atoms with E-state index in [2.05, 4.69) is 10.3 Å². The first kappa shape index (κ1) is 14.5. The van der Waals surface area contributed by atoms with E-state index >= 15 is 0 Å². The van der Waals surface area contributed by atoms with Crippen molar-refractivity contribution in [3.05, 3.63) is 30.1 Å². The Kier molecular flexibility index (Phi) is 5.09. The molecule has 108 valence electrons. The molecular weight excluding hydrogens is 256 g/mol. The fourth-order valence-electron chi connectivity index (χ4n) is 2.74. The molecule has 1 fully saturated rings. The van der Waals surface area contributed by atoms with Crippen molar-refractivity contribution in [2.75, 3.05) is 6.54 Å². The number of carboxylic acids is 1. The third-order valence-electron chi connectivity index (χ3n) is 3.87. The lowest BCUT2D eigenvalue weighted by Crippen LogP contribution is -2.44. The standard InChI is InChI=1S/C15H20N2O3/c18-14(12-3-1-2-4-13(12)15(19)20)17-10-7-11-5-8-16-9-6-11/h5-6,8-9,12-13H,1-4,7,10H2,(H,17,18)(H,19,20)/p-1/t12-,13+/m0/s1. The summed E-state index contributed by atoms with van der Waals surface area (Å²) in [6, 6.07) is 3.80. The second kappa shape index (κ2) is 7.03. The van der Waals surface area contributed by atoms with Crippen molar-refractivity contribution in [3.63, 3.8) is 0 Å². The Balaban J connectivity index is 1.83. The van der Waals surface area contributed by atoms with Gasteiger partial charge in [-0.05, 0) is 37.0 Å². The number of carbonyl (C=O) groups excluding carboxylic acids is 2. The average Bonchev–Trinajstić information content (AvgIpc) is 2.48. The molecule has 20 heavy (non-hydrogen) atoms. The van der Waals surface area contributed by atoms with Gasteiger partial charge in [0.2, 0.25) is 5.91 Å². The molecule has 1 N–H and O–H groups in total. The van der Waals surface area contributed by atoms with Gasteiger partial charge in [0.05, 0.1) is 0 Å². The zero-order valence-electron chi connectivity index (χ0n) is 11.4. The van der Waals surface area contributed by atoms with Gasteiger partial charge >= 0.3 is 0 Å².